The van der Waals surface area contributed by atoms with Crippen molar-refractivity contribution in [2.75, 3.05) is 0 Å². The number of fused-ring (bicyclic) bond motifs is 1. The molecule has 2 saturated carbocycles. The second-order valence-electron chi connectivity index (χ2n) is 5.91. The van der Waals surface area contributed by atoms with E-state index in [0.717, 1.165) is 11.8 Å². The quantitative estimate of drug-likeness (QED) is 0.543. The summed E-state index contributed by atoms with van der Waals surface area (Å²) in [7, 11) is 0. The Labute approximate surface area is 127 Å². The predicted octanol–water partition coefficient (Wildman–Crippen LogP) is 6.40. The summed E-state index contributed by atoms with van der Waals surface area (Å²) in [5.74, 6) is 2.68. The van der Waals surface area contributed by atoms with Gasteiger partial charge in [-0.05, 0) is 64.4 Å². The van der Waals surface area contributed by atoms with Gasteiger partial charge >= 0.3 is 0 Å². The average molecular weight is 348 g/mol. The summed E-state index contributed by atoms with van der Waals surface area (Å²) >= 11 is 12.2. The van der Waals surface area contributed by atoms with Crippen molar-refractivity contribution >= 4 is 38.9 Å². The summed E-state index contributed by atoms with van der Waals surface area (Å²) in [6, 6.07) is 2.13. The lowest BCUT2D eigenvalue weighted by Crippen LogP contribution is -2.29. The molecule has 4 atom stereocenters. The molecule has 18 heavy (non-hydrogen) atoms. The zero-order valence-electron chi connectivity index (χ0n) is 10.6. The van der Waals surface area contributed by atoms with E-state index in [1.54, 1.807) is 11.3 Å². The van der Waals surface area contributed by atoms with E-state index in [2.05, 4.69) is 27.4 Å². The van der Waals surface area contributed by atoms with Crippen molar-refractivity contribution in [3.05, 3.63) is 20.8 Å². The van der Waals surface area contributed by atoms with Crippen LogP contribution in [0.5, 0.6) is 0 Å². The van der Waals surface area contributed by atoms with Gasteiger partial charge in [-0.1, -0.05) is 25.7 Å². The van der Waals surface area contributed by atoms with Crippen LogP contribution in [0.1, 0.15) is 55.2 Å². The van der Waals surface area contributed by atoms with E-state index in [-0.39, 0.29) is 5.38 Å². The van der Waals surface area contributed by atoms with Crippen molar-refractivity contribution in [3.63, 3.8) is 0 Å². The van der Waals surface area contributed by atoms with Gasteiger partial charge in [0.05, 0.1) is 5.38 Å². The maximum Gasteiger partial charge on any atom is 0.0718 e. The van der Waals surface area contributed by atoms with Crippen LogP contribution in [0.15, 0.2) is 15.9 Å². The average Bonchev–Trinajstić information content (AvgIpc) is 2.83. The molecule has 0 amide bonds. The Balaban J connectivity index is 1.68. The fourth-order valence-electron chi connectivity index (χ4n) is 3.89. The standard InChI is InChI=1S/C15H20BrClS/c16-13-7-8-18-15(13)14(17)12-6-5-10-3-1-2-4-11(10)9-12/h7-8,10-12,14H,1-6,9H2. The summed E-state index contributed by atoms with van der Waals surface area (Å²) in [6.07, 6.45) is 9.96. The molecular weight excluding hydrogens is 328 g/mol. The summed E-state index contributed by atoms with van der Waals surface area (Å²) in [5, 5.41) is 2.36. The third kappa shape index (κ3) is 2.66. The highest BCUT2D eigenvalue weighted by atomic mass is 79.9. The molecule has 2 aliphatic carbocycles. The summed E-state index contributed by atoms with van der Waals surface area (Å²) < 4.78 is 1.21. The summed E-state index contributed by atoms with van der Waals surface area (Å²) in [4.78, 5) is 1.34. The maximum atomic E-state index is 6.74. The Kier molecular flexibility index (Phi) is 4.37. The third-order valence-electron chi connectivity index (χ3n) is 4.89. The molecule has 0 aliphatic heterocycles. The van der Waals surface area contributed by atoms with E-state index >= 15 is 0 Å². The number of hydrogen-bond donors (Lipinski definition) is 0. The molecular formula is C15H20BrClS. The monoisotopic (exact) mass is 346 g/mol. The van der Waals surface area contributed by atoms with Gasteiger partial charge in [-0.3, -0.25) is 0 Å². The van der Waals surface area contributed by atoms with Gasteiger partial charge in [0, 0.05) is 9.35 Å². The Bertz CT molecular complexity index is 403. The Hall–Kier alpha value is 0.470. The molecule has 100 valence electrons. The highest BCUT2D eigenvalue weighted by molar-refractivity contribution is 9.10. The van der Waals surface area contributed by atoms with Crippen LogP contribution in [0.25, 0.3) is 0 Å². The molecule has 0 radical (unpaired) electrons. The Morgan fingerprint density at radius 3 is 2.67 bits per heavy atom. The summed E-state index contributed by atoms with van der Waals surface area (Å²) in [6.45, 7) is 0. The van der Waals surface area contributed by atoms with Gasteiger partial charge in [0.2, 0.25) is 0 Å². The predicted molar refractivity (Wildman–Crippen MR) is 83.4 cm³/mol. The lowest BCUT2D eigenvalue weighted by molar-refractivity contribution is 0.128. The van der Waals surface area contributed by atoms with Crippen molar-refractivity contribution in [2.45, 2.75) is 50.3 Å². The van der Waals surface area contributed by atoms with Gasteiger partial charge in [-0.15, -0.1) is 22.9 Å². The number of alkyl halides is 1. The fraction of sp³-hybridized carbons (Fsp3) is 0.733. The molecule has 1 aromatic heterocycles. The van der Waals surface area contributed by atoms with Crippen LogP contribution in [0, 0.1) is 17.8 Å². The fourth-order valence-corrected chi connectivity index (χ4v) is 6.21. The van der Waals surface area contributed by atoms with Crippen LogP contribution >= 0.6 is 38.9 Å². The highest BCUT2D eigenvalue weighted by Crippen LogP contribution is 2.49. The van der Waals surface area contributed by atoms with E-state index in [0.29, 0.717) is 5.92 Å². The first kappa shape index (κ1) is 13.5. The molecule has 1 aromatic rings. The van der Waals surface area contributed by atoms with Crippen LogP contribution in [0.4, 0.5) is 0 Å². The van der Waals surface area contributed by atoms with Crippen molar-refractivity contribution in [1.82, 2.24) is 0 Å². The molecule has 0 saturated heterocycles. The number of thiophene rings is 1. The highest BCUT2D eigenvalue weighted by Gasteiger charge is 2.35. The SMILES string of the molecule is ClC(c1sccc1Br)C1CCC2CCCCC2C1. The minimum Gasteiger partial charge on any atom is -0.146 e. The van der Waals surface area contributed by atoms with E-state index in [9.17, 15) is 0 Å². The molecule has 0 spiro atoms. The molecule has 2 aliphatic rings. The van der Waals surface area contributed by atoms with Gasteiger partial charge in [0.15, 0.2) is 0 Å². The van der Waals surface area contributed by atoms with Crippen LogP contribution in [-0.4, -0.2) is 0 Å². The third-order valence-corrected chi connectivity index (χ3v) is 7.55. The molecule has 0 aromatic carbocycles. The first-order valence-corrected chi connectivity index (χ1v) is 9.23. The number of rotatable bonds is 2. The van der Waals surface area contributed by atoms with Crippen LogP contribution in [-0.2, 0) is 0 Å². The van der Waals surface area contributed by atoms with Crippen LogP contribution in [0.2, 0.25) is 0 Å². The van der Waals surface area contributed by atoms with Crippen molar-refractivity contribution in [2.24, 2.45) is 17.8 Å². The topological polar surface area (TPSA) is 0 Å². The zero-order valence-corrected chi connectivity index (χ0v) is 13.7. The smallest absolute Gasteiger partial charge is 0.0718 e. The van der Waals surface area contributed by atoms with E-state index in [1.165, 1.54) is 54.3 Å². The van der Waals surface area contributed by atoms with Gasteiger partial charge in [-0.25, -0.2) is 0 Å². The normalized spacial score (nSPS) is 34.0. The maximum absolute atomic E-state index is 6.74. The minimum absolute atomic E-state index is 0.224. The Morgan fingerprint density at radius 2 is 1.94 bits per heavy atom. The lowest BCUT2D eigenvalue weighted by Gasteiger charge is -2.40. The molecule has 4 unspecified atom stereocenters. The molecule has 3 rings (SSSR count). The van der Waals surface area contributed by atoms with Crippen molar-refractivity contribution in [3.8, 4) is 0 Å². The van der Waals surface area contributed by atoms with E-state index in [1.807, 2.05) is 0 Å². The van der Waals surface area contributed by atoms with Crippen molar-refractivity contribution < 1.29 is 0 Å². The zero-order chi connectivity index (χ0) is 12.5. The minimum atomic E-state index is 0.224. The number of hydrogen-bond acceptors (Lipinski definition) is 1. The molecule has 0 bridgehead atoms. The molecule has 1 heterocycles. The van der Waals surface area contributed by atoms with Crippen LogP contribution < -0.4 is 0 Å². The van der Waals surface area contributed by atoms with E-state index < -0.39 is 0 Å². The number of halogens is 2. The van der Waals surface area contributed by atoms with Crippen molar-refractivity contribution in [1.29, 1.82) is 0 Å². The van der Waals surface area contributed by atoms with E-state index in [4.69, 9.17) is 11.6 Å². The van der Waals surface area contributed by atoms with Crippen LogP contribution in [0.3, 0.4) is 0 Å². The molecule has 0 N–H and O–H groups in total. The van der Waals surface area contributed by atoms with Gasteiger partial charge in [0.25, 0.3) is 0 Å². The Morgan fingerprint density at radius 1 is 1.17 bits per heavy atom. The molecule has 0 nitrogen and oxygen atoms in total. The lowest BCUT2D eigenvalue weighted by atomic mass is 9.67. The first-order valence-electron chi connectivity index (χ1n) is 7.12. The molecule has 2 fully saturated rings. The molecule has 3 heteroatoms. The largest absolute Gasteiger partial charge is 0.146 e. The van der Waals surface area contributed by atoms with Gasteiger partial charge in [0.1, 0.15) is 0 Å². The van der Waals surface area contributed by atoms with Gasteiger partial charge < -0.3 is 0 Å². The second kappa shape index (κ2) is 5.85. The second-order valence-corrected chi connectivity index (χ2v) is 8.18. The first-order chi connectivity index (χ1) is 8.75. The van der Waals surface area contributed by atoms with Gasteiger partial charge in [-0.2, -0.15) is 0 Å². The summed E-state index contributed by atoms with van der Waals surface area (Å²) in [5.41, 5.74) is 0.